The maximum atomic E-state index is 13.7. The summed E-state index contributed by atoms with van der Waals surface area (Å²) in [7, 11) is 1.53. The molecule has 2 N–H and O–H groups in total. The highest BCUT2D eigenvalue weighted by Crippen LogP contribution is 2.27. The third-order valence-corrected chi connectivity index (χ3v) is 3.27. The molecule has 21 heavy (non-hydrogen) atoms. The first-order valence-electron chi connectivity index (χ1n) is 6.10. The van der Waals surface area contributed by atoms with Gasteiger partial charge in [0.2, 0.25) is 0 Å². The largest absolute Gasteiger partial charge is 0.497 e. The fourth-order valence-electron chi connectivity index (χ4n) is 1.80. The first kappa shape index (κ1) is 15.1. The summed E-state index contributed by atoms with van der Waals surface area (Å²) in [5.41, 5.74) is 0.856. The van der Waals surface area contributed by atoms with Gasteiger partial charge in [0.05, 0.1) is 23.4 Å². The van der Waals surface area contributed by atoms with E-state index in [0.717, 1.165) is 6.07 Å². The summed E-state index contributed by atoms with van der Waals surface area (Å²) in [5.74, 6) is -0.969. The number of carboxylic acids is 1. The predicted octanol–water partition coefficient (Wildman–Crippen LogP) is 3.80. The number of aromatic carboxylic acids is 1. The van der Waals surface area contributed by atoms with E-state index in [0.29, 0.717) is 16.5 Å². The highest BCUT2D eigenvalue weighted by Gasteiger charge is 2.09. The van der Waals surface area contributed by atoms with Crippen LogP contribution in [0.1, 0.15) is 15.9 Å². The molecule has 6 heteroatoms. The van der Waals surface area contributed by atoms with Crippen LogP contribution in [0.4, 0.5) is 10.1 Å². The normalized spacial score (nSPS) is 10.2. The van der Waals surface area contributed by atoms with Crippen LogP contribution in [0.25, 0.3) is 0 Å². The molecule has 0 fully saturated rings. The zero-order chi connectivity index (χ0) is 15.4. The number of hydrogen-bond donors (Lipinski definition) is 2. The topological polar surface area (TPSA) is 58.6 Å². The Hall–Kier alpha value is -2.27. The molecule has 0 unspecified atom stereocenters. The maximum Gasteiger partial charge on any atom is 0.335 e. The summed E-state index contributed by atoms with van der Waals surface area (Å²) in [6, 6.07) is 8.69. The molecule has 4 nitrogen and oxygen atoms in total. The van der Waals surface area contributed by atoms with Gasteiger partial charge in [-0.05, 0) is 30.3 Å². The van der Waals surface area contributed by atoms with Crippen molar-refractivity contribution in [1.82, 2.24) is 0 Å². The molecule has 0 amide bonds. The molecule has 0 bridgehead atoms. The van der Waals surface area contributed by atoms with Crippen LogP contribution in [-0.2, 0) is 6.54 Å². The van der Waals surface area contributed by atoms with Gasteiger partial charge in [0, 0.05) is 18.2 Å². The van der Waals surface area contributed by atoms with Crippen molar-refractivity contribution in [2.75, 3.05) is 12.4 Å². The Balaban J connectivity index is 2.20. The molecule has 0 aliphatic rings. The summed E-state index contributed by atoms with van der Waals surface area (Å²) in [4.78, 5) is 10.9. The molecule has 0 spiro atoms. The molecule has 2 rings (SSSR count). The van der Waals surface area contributed by atoms with Crippen LogP contribution in [-0.4, -0.2) is 18.2 Å². The minimum absolute atomic E-state index is 0.0324. The lowest BCUT2D eigenvalue weighted by Crippen LogP contribution is -2.05. The van der Waals surface area contributed by atoms with Gasteiger partial charge in [0.15, 0.2) is 0 Å². The predicted molar refractivity (Wildman–Crippen MR) is 78.7 cm³/mol. The van der Waals surface area contributed by atoms with Crippen LogP contribution in [0.3, 0.4) is 0 Å². The monoisotopic (exact) mass is 309 g/mol. The maximum absolute atomic E-state index is 13.7. The van der Waals surface area contributed by atoms with Crippen LogP contribution in [0.5, 0.6) is 5.75 Å². The van der Waals surface area contributed by atoms with Crippen molar-refractivity contribution in [1.29, 1.82) is 0 Å². The van der Waals surface area contributed by atoms with Crippen LogP contribution >= 0.6 is 11.6 Å². The lowest BCUT2D eigenvalue weighted by molar-refractivity contribution is 0.0696. The van der Waals surface area contributed by atoms with Gasteiger partial charge in [0.1, 0.15) is 11.6 Å². The van der Waals surface area contributed by atoms with Crippen molar-refractivity contribution < 1.29 is 19.0 Å². The van der Waals surface area contributed by atoms with E-state index in [1.54, 1.807) is 18.2 Å². The Labute approximate surface area is 126 Å². The molecule has 0 radical (unpaired) electrons. The van der Waals surface area contributed by atoms with E-state index < -0.39 is 11.8 Å². The zero-order valence-electron chi connectivity index (χ0n) is 11.2. The molecular formula is C15H13ClFNO3. The Bertz CT molecular complexity index is 676. The summed E-state index contributed by atoms with van der Waals surface area (Å²) >= 11 is 6.04. The van der Waals surface area contributed by atoms with Crippen LogP contribution in [0, 0.1) is 5.82 Å². The molecule has 110 valence electrons. The second-order valence-corrected chi connectivity index (χ2v) is 4.72. The number of hydrogen-bond acceptors (Lipinski definition) is 3. The van der Waals surface area contributed by atoms with E-state index in [4.69, 9.17) is 21.4 Å². The summed E-state index contributed by atoms with van der Waals surface area (Å²) in [6.07, 6.45) is 0. The van der Waals surface area contributed by atoms with Gasteiger partial charge in [-0.2, -0.15) is 0 Å². The van der Waals surface area contributed by atoms with E-state index >= 15 is 0 Å². The van der Waals surface area contributed by atoms with Crippen molar-refractivity contribution in [3.63, 3.8) is 0 Å². The molecule has 0 aromatic heterocycles. The SMILES string of the molecule is COc1ccc(Cl)c(NCc2cc(C(=O)O)ccc2F)c1. The third-order valence-electron chi connectivity index (χ3n) is 2.94. The van der Waals surface area contributed by atoms with Crippen LogP contribution in [0.15, 0.2) is 36.4 Å². The Morgan fingerprint density at radius 2 is 2.10 bits per heavy atom. The fraction of sp³-hybridized carbons (Fsp3) is 0.133. The average molecular weight is 310 g/mol. The Morgan fingerprint density at radius 3 is 2.76 bits per heavy atom. The van der Waals surface area contributed by atoms with Crippen LogP contribution < -0.4 is 10.1 Å². The second-order valence-electron chi connectivity index (χ2n) is 4.31. The van der Waals surface area contributed by atoms with Gasteiger partial charge in [-0.3, -0.25) is 0 Å². The molecule has 0 aliphatic heterocycles. The fourth-order valence-corrected chi connectivity index (χ4v) is 1.98. The molecule has 2 aromatic carbocycles. The zero-order valence-corrected chi connectivity index (χ0v) is 11.9. The van der Waals surface area contributed by atoms with Crippen molar-refractivity contribution >= 4 is 23.3 Å². The Morgan fingerprint density at radius 1 is 1.33 bits per heavy atom. The minimum atomic E-state index is -1.10. The Kier molecular flexibility index (Phi) is 4.65. The highest BCUT2D eigenvalue weighted by molar-refractivity contribution is 6.33. The van der Waals surface area contributed by atoms with Crippen LogP contribution in [0.2, 0.25) is 5.02 Å². The molecule has 0 aliphatic carbocycles. The first-order chi connectivity index (χ1) is 10.0. The molecular weight excluding hydrogens is 297 g/mol. The van der Waals surface area contributed by atoms with Crippen molar-refractivity contribution in [2.24, 2.45) is 0 Å². The number of benzene rings is 2. The standard InChI is InChI=1S/C15H13ClFNO3/c1-21-11-3-4-12(16)14(7-11)18-8-10-6-9(15(19)20)2-5-13(10)17/h2-7,18H,8H2,1H3,(H,19,20). The van der Waals surface area contributed by atoms with Gasteiger partial charge < -0.3 is 15.2 Å². The van der Waals surface area contributed by atoms with E-state index in [1.165, 1.54) is 19.2 Å². The quantitative estimate of drug-likeness (QED) is 0.882. The average Bonchev–Trinajstić information content (AvgIpc) is 2.47. The van der Waals surface area contributed by atoms with Gasteiger partial charge >= 0.3 is 5.97 Å². The molecule has 2 aromatic rings. The van der Waals surface area contributed by atoms with Gasteiger partial charge in [-0.1, -0.05) is 11.6 Å². The number of anilines is 1. The van der Waals surface area contributed by atoms with E-state index in [1.807, 2.05) is 0 Å². The molecule has 0 saturated carbocycles. The van der Waals surface area contributed by atoms with Crippen molar-refractivity contribution in [3.8, 4) is 5.75 Å². The number of rotatable bonds is 5. The first-order valence-corrected chi connectivity index (χ1v) is 6.48. The number of ether oxygens (including phenoxy) is 1. The van der Waals surface area contributed by atoms with E-state index in [2.05, 4.69) is 5.32 Å². The number of carbonyl (C=O) groups is 1. The smallest absolute Gasteiger partial charge is 0.335 e. The molecule has 0 atom stereocenters. The van der Waals surface area contributed by atoms with E-state index in [-0.39, 0.29) is 17.7 Å². The molecule has 0 saturated heterocycles. The second kappa shape index (κ2) is 6.45. The van der Waals surface area contributed by atoms with Gasteiger partial charge in [-0.15, -0.1) is 0 Å². The highest BCUT2D eigenvalue weighted by atomic mass is 35.5. The number of carboxylic acid groups (broad SMARTS) is 1. The summed E-state index contributed by atoms with van der Waals surface area (Å²) in [5, 5.41) is 12.3. The van der Waals surface area contributed by atoms with Gasteiger partial charge in [-0.25, -0.2) is 9.18 Å². The summed E-state index contributed by atoms with van der Waals surface area (Å²) in [6.45, 7) is 0.111. The number of halogens is 2. The van der Waals surface area contributed by atoms with Gasteiger partial charge in [0.25, 0.3) is 0 Å². The number of methoxy groups -OCH3 is 1. The van der Waals surface area contributed by atoms with Crippen molar-refractivity contribution in [2.45, 2.75) is 6.54 Å². The minimum Gasteiger partial charge on any atom is -0.497 e. The molecule has 0 heterocycles. The lowest BCUT2D eigenvalue weighted by atomic mass is 10.1. The summed E-state index contributed by atoms with van der Waals surface area (Å²) < 4.78 is 18.8. The third kappa shape index (κ3) is 3.64. The van der Waals surface area contributed by atoms with E-state index in [9.17, 15) is 9.18 Å². The lowest BCUT2D eigenvalue weighted by Gasteiger charge is -2.11. The van der Waals surface area contributed by atoms with Crippen molar-refractivity contribution in [3.05, 3.63) is 58.4 Å². The number of nitrogens with one attached hydrogen (secondary N) is 1.